The van der Waals surface area contributed by atoms with Gasteiger partial charge in [0.2, 0.25) is 0 Å². The molecule has 106 valence electrons. The van der Waals surface area contributed by atoms with Gasteiger partial charge in [0.1, 0.15) is 5.75 Å². The van der Waals surface area contributed by atoms with E-state index in [1.165, 1.54) is 0 Å². The molecule has 0 heterocycles. The third-order valence-electron chi connectivity index (χ3n) is 2.99. The van der Waals surface area contributed by atoms with Crippen molar-refractivity contribution in [3.63, 3.8) is 0 Å². The fraction of sp³-hybridized carbons (Fsp3) is 0.176. The van der Waals surface area contributed by atoms with E-state index in [0.717, 1.165) is 17.7 Å². The Bertz CT molecular complexity index is 674. The Kier molecular flexibility index (Phi) is 4.94. The fourth-order valence-electron chi connectivity index (χ4n) is 1.94. The van der Waals surface area contributed by atoms with Gasteiger partial charge in [-0.05, 0) is 36.2 Å². The van der Waals surface area contributed by atoms with Crippen LogP contribution in [-0.2, 0) is 11.2 Å². The van der Waals surface area contributed by atoms with Crippen LogP contribution in [0, 0.1) is 11.3 Å². The first-order valence-corrected chi connectivity index (χ1v) is 6.73. The number of amides is 1. The van der Waals surface area contributed by atoms with E-state index in [2.05, 4.69) is 5.32 Å². The molecular formula is C17H16N2O2. The van der Waals surface area contributed by atoms with Gasteiger partial charge in [-0.3, -0.25) is 4.79 Å². The number of aryl methyl sites for hydroxylation is 1. The largest absolute Gasteiger partial charge is 0.483 e. The van der Waals surface area contributed by atoms with Gasteiger partial charge in [0, 0.05) is 5.69 Å². The van der Waals surface area contributed by atoms with Gasteiger partial charge in [-0.1, -0.05) is 31.2 Å². The normalized spacial score (nSPS) is 9.71. The highest BCUT2D eigenvalue weighted by atomic mass is 16.5. The second-order valence-corrected chi connectivity index (χ2v) is 4.49. The topological polar surface area (TPSA) is 62.1 Å². The molecule has 21 heavy (non-hydrogen) atoms. The molecule has 0 atom stereocenters. The zero-order valence-corrected chi connectivity index (χ0v) is 11.8. The standard InChI is InChI=1S/C17H16N2O2/c1-2-14-7-3-4-9-16(14)21-12-17(20)19-15-8-5-6-13(10-15)11-18/h3-10H,2,12H2,1H3,(H,19,20). The van der Waals surface area contributed by atoms with Crippen molar-refractivity contribution in [2.75, 3.05) is 11.9 Å². The van der Waals surface area contributed by atoms with E-state index in [0.29, 0.717) is 11.3 Å². The van der Waals surface area contributed by atoms with E-state index in [4.69, 9.17) is 10.00 Å². The maximum atomic E-state index is 11.9. The van der Waals surface area contributed by atoms with Crippen molar-refractivity contribution in [1.29, 1.82) is 5.26 Å². The molecule has 0 radical (unpaired) electrons. The van der Waals surface area contributed by atoms with E-state index >= 15 is 0 Å². The number of anilines is 1. The number of ether oxygens (including phenoxy) is 1. The van der Waals surface area contributed by atoms with Gasteiger partial charge in [0.05, 0.1) is 11.6 Å². The number of nitriles is 1. The summed E-state index contributed by atoms with van der Waals surface area (Å²) < 4.78 is 5.54. The monoisotopic (exact) mass is 280 g/mol. The molecule has 4 heteroatoms. The van der Waals surface area contributed by atoms with Crippen LogP contribution < -0.4 is 10.1 Å². The van der Waals surface area contributed by atoms with Crippen LogP contribution in [0.15, 0.2) is 48.5 Å². The Labute approximate surface area is 124 Å². The Morgan fingerprint density at radius 1 is 1.24 bits per heavy atom. The molecular weight excluding hydrogens is 264 g/mol. The quantitative estimate of drug-likeness (QED) is 0.915. The van der Waals surface area contributed by atoms with Crippen LogP contribution in [-0.4, -0.2) is 12.5 Å². The molecule has 0 fully saturated rings. The number of carbonyl (C=O) groups excluding carboxylic acids is 1. The van der Waals surface area contributed by atoms with Crippen molar-refractivity contribution in [3.05, 3.63) is 59.7 Å². The summed E-state index contributed by atoms with van der Waals surface area (Å²) in [5.41, 5.74) is 2.16. The minimum atomic E-state index is -0.254. The smallest absolute Gasteiger partial charge is 0.262 e. The summed E-state index contributed by atoms with van der Waals surface area (Å²) in [5.74, 6) is 0.469. The third kappa shape index (κ3) is 4.08. The number of nitrogens with one attached hydrogen (secondary N) is 1. The van der Waals surface area contributed by atoms with Crippen molar-refractivity contribution < 1.29 is 9.53 Å². The van der Waals surface area contributed by atoms with Crippen molar-refractivity contribution in [2.45, 2.75) is 13.3 Å². The maximum absolute atomic E-state index is 11.9. The summed E-state index contributed by atoms with van der Waals surface area (Å²) in [6.45, 7) is 1.98. The van der Waals surface area contributed by atoms with Crippen LogP contribution in [0.2, 0.25) is 0 Å². The fourth-order valence-corrected chi connectivity index (χ4v) is 1.94. The summed E-state index contributed by atoms with van der Waals surface area (Å²) in [6.07, 6.45) is 0.849. The number of hydrogen-bond donors (Lipinski definition) is 1. The summed E-state index contributed by atoms with van der Waals surface area (Å²) in [7, 11) is 0. The lowest BCUT2D eigenvalue weighted by atomic mass is 10.1. The summed E-state index contributed by atoms with van der Waals surface area (Å²) >= 11 is 0. The lowest BCUT2D eigenvalue weighted by Gasteiger charge is -2.10. The first-order chi connectivity index (χ1) is 10.2. The number of nitrogens with zero attached hydrogens (tertiary/aromatic N) is 1. The maximum Gasteiger partial charge on any atom is 0.262 e. The number of para-hydroxylation sites is 1. The van der Waals surface area contributed by atoms with Gasteiger partial charge < -0.3 is 10.1 Å². The summed E-state index contributed by atoms with van der Waals surface area (Å²) in [5, 5.41) is 11.5. The highest BCUT2D eigenvalue weighted by molar-refractivity contribution is 5.92. The molecule has 0 saturated carbocycles. The van der Waals surface area contributed by atoms with Gasteiger partial charge in [-0.2, -0.15) is 5.26 Å². The highest BCUT2D eigenvalue weighted by Crippen LogP contribution is 2.18. The average molecular weight is 280 g/mol. The first-order valence-electron chi connectivity index (χ1n) is 6.73. The van der Waals surface area contributed by atoms with Crippen molar-refractivity contribution in [3.8, 4) is 11.8 Å². The molecule has 0 bridgehead atoms. The molecule has 1 amide bonds. The molecule has 0 aromatic heterocycles. The Morgan fingerprint density at radius 3 is 2.81 bits per heavy atom. The van der Waals surface area contributed by atoms with Crippen LogP contribution in [0.5, 0.6) is 5.75 Å². The second kappa shape index (κ2) is 7.11. The van der Waals surface area contributed by atoms with Gasteiger partial charge in [-0.15, -0.1) is 0 Å². The molecule has 0 aliphatic heterocycles. The number of hydrogen-bond acceptors (Lipinski definition) is 3. The molecule has 2 aromatic carbocycles. The number of benzene rings is 2. The van der Waals surface area contributed by atoms with Crippen LogP contribution in [0.3, 0.4) is 0 Å². The molecule has 0 aliphatic rings. The van der Waals surface area contributed by atoms with E-state index < -0.39 is 0 Å². The summed E-state index contributed by atoms with van der Waals surface area (Å²) in [4.78, 5) is 11.9. The lowest BCUT2D eigenvalue weighted by Crippen LogP contribution is -2.20. The SMILES string of the molecule is CCc1ccccc1OCC(=O)Nc1cccc(C#N)c1. The number of carbonyl (C=O) groups is 1. The summed E-state index contributed by atoms with van der Waals surface area (Å²) in [6, 6.07) is 16.4. The lowest BCUT2D eigenvalue weighted by molar-refractivity contribution is -0.118. The van der Waals surface area contributed by atoms with E-state index in [1.54, 1.807) is 24.3 Å². The van der Waals surface area contributed by atoms with E-state index in [-0.39, 0.29) is 12.5 Å². The average Bonchev–Trinajstić information content (AvgIpc) is 2.53. The molecule has 2 rings (SSSR count). The minimum absolute atomic E-state index is 0.0617. The minimum Gasteiger partial charge on any atom is -0.483 e. The third-order valence-corrected chi connectivity index (χ3v) is 2.99. The van der Waals surface area contributed by atoms with Gasteiger partial charge >= 0.3 is 0 Å². The Balaban J connectivity index is 1.94. The zero-order valence-electron chi connectivity index (χ0n) is 11.8. The number of rotatable bonds is 5. The Hall–Kier alpha value is -2.80. The highest BCUT2D eigenvalue weighted by Gasteiger charge is 2.06. The molecule has 0 unspecified atom stereocenters. The second-order valence-electron chi connectivity index (χ2n) is 4.49. The van der Waals surface area contributed by atoms with Gasteiger partial charge in [-0.25, -0.2) is 0 Å². The molecule has 0 spiro atoms. The van der Waals surface area contributed by atoms with Gasteiger partial charge in [0.15, 0.2) is 6.61 Å². The van der Waals surface area contributed by atoms with Crippen LogP contribution in [0.25, 0.3) is 0 Å². The van der Waals surface area contributed by atoms with Crippen molar-refractivity contribution in [1.82, 2.24) is 0 Å². The molecule has 0 aliphatic carbocycles. The molecule has 2 aromatic rings. The predicted molar refractivity (Wildman–Crippen MR) is 81.1 cm³/mol. The predicted octanol–water partition coefficient (Wildman–Crippen LogP) is 3.14. The van der Waals surface area contributed by atoms with Crippen LogP contribution in [0.1, 0.15) is 18.1 Å². The molecule has 0 saturated heterocycles. The zero-order chi connectivity index (χ0) is 15.1. The first kappa shape index (κ1) is 14.6. The van der Waals surface area contributed by atoms with Crippen LogP contribution >= 0.6 is 0 Å². The molecule has 1 N–H and O–H groups in total. The van der Waals surface area contributed by atoms with Gasteiger partial charge in [0.25, 0.3) is 5.91 Å². The van der Waals surface area contributed by atoms with Crippen molar-refractivity contribution in [2.24, 2.45) is 0 Å². The van der Waals surface area contributed by atoms with Crippen molar-refractivity contribution >= 4 is 11.6 Å². The van der Waals surface area contributed by atoms with E-state index in [1.807, 2.05) is 37.3 Å². The van der Waals surface area contributed by atoms with Crippen LogP contribution in [0.4, 0.5) is 5.69 Å². The molecule has 4 nitrogen and oxygen atoms in total. The van der Waals surface area contributed by atoms with E-state index in [9.17, 15) is 4.79 Å². The Morgan fingerprint density at radius 2 is 2.05 bits per heavy atom.